The zero-order chi connectivity index (χ0) is 19.8. The van der Waals surface area contributed by atoms with Crippen LogP contribution in [0, 0.1) is 0 Å². The molecular formula is C19H19F2NO5. The van der Waals surface area contributed by atoms with Crippen molar-refractivity contribution in [1.29, 1.82) is 0 Å². The molecule has 0 radical (unpaired) electrons. The molecule has 2 N–H and O–H groups in total. The number of aromatic carboxylic acids is 1. The molecule has 0 saturated heterocycles. The number of carbonyl (C=O) groups is 2. The van der Waals surface area contributed by atoms with Crippen LogP contribution in [0.25, 0.3) is 0 Å². The molecule has 0 heterocycles. The molecule has 8 heteroatoms. The Kier molecular flexibility index (Phi) is 7.10. The summed E-state index contributed by atoms with van der Waals surface area (Å²) in [5, 5.41) is 11.6. The summed E-state index contributed by atoms with van der Waals surface area (Å²) in [5.41, 5.74) is 1.55. The molecule has 6 nitrogen and oxygen atoms in total. The molecule has 1 amide bonds. The molecule has 0 unspecified atom stereocenters. The summed E-state index contributed by atoms with van der Waals surface area (Å²) in [7, 11) is 1.36. The summed E-state index contributed by atoms with van der Waals surface area (Å²) in [4.78, 5) is 22.8. The quantitative estimate of drug-likeness (QED) is 0.700. The van der Waals surface area contributed by atoms with E-state index in [2.05, 4.69) is 10.1 Å². The fourth-order valence-corrected chi connectivity index (χ4v) is 2.42. The highest BCUT2D eigenvalue weighted by molar-refractivity contribution is 5.87. The first-order chi connectivity index (χ1) is 12.9. The molecule has 0 aliphatic heterocycles. The van der Waals surface area contributed by atoms with Gasteiger partial charge in [-0.1, -0.05) is 18.2 Å². The summed E-state index contributed by atoms with van der Waals surface area (Å²) in [6, 6.07) is 10.7. The largest absolute Gasteiger partial charge is 0.493 e. The molecule has 0 saturated carbocycles. The number of carbonyl (C=O) groups excluding carboxylic acids is 1. The smallest absolute Gasteiger partial charge is 0.387 e. The van der Waals surface area contributed by atoms with E-state index in [0.717, 1.165) is 0 Å². The van der Waals surface area contributed by atoms with Crippen molar-refractivity contribution in [1.82, 2.24) is 5.32 Å². The number of ether oxygens (including phenoxy) is 2. The Balaban J connectivity index is 1.86. The molecule has 144 valence electrons. The molecule has 0 spiro atoms. The van der Waals surface area contributed by atoms with Crippen molar-refractivity contribution in [3.8, 4) is 11.5 Å². The third-order valence-corrected chi connectivity index (χ3v) is 3.75. The van der Waals surface area contributed by atoms with Crippen molar-refractivity contribution < 1.29 is 33.0 Å². The summed E-state index contributed by atoms with van der Waals surface area (Å²) >= 11 is 0. The van der Waals surface area contributed by atoms with Crippen molar-refractivity contribution in [2.75, 3.05) is 13.7 Å². The lowest BCUT2D eigenvalue weighted by atomic mass is 10.1. The molecule has 0 aromatic heterocycles. The van der Waals surface area contributed by atoms with E-state index in [1.54, 1.807) is 18.2 Å². The van der Waals surface area contributed by atoms with Gasteiger partial charge in [-0.3, -0.25) is 4.79 Å². The van der Waals surface area contributed by atoms with Gasteiger partial charge in [-0.15, -0.1) is 0 Å². The minimum absolute atomic E-state index is 0.0603. The van der Waals surface area contributed by atoms with E-state index < -0.39 is 12.6 Å². The first-order valence-corrected chi connectivity index (χ1v) is 8.09. The zero-order valence-corrected chi connectivity index (χ0v) is 14.6. The summed E-state index contributed by atoms with van der Waals surface area (Å²) in [6.07, 6.45) is 0.537. The number of alkyl halides is 2. The number of rotatable bonds is 9. The van der Waals surface area contributed by atoms with Crippen molar-refractivity contribution in [2.45, 2.75) is 19.5 Å². The van der Waals surface area contributed by atoms with E-state index in [1.165, 1.54) is 31.4 Å². The lowest BCUT2D eigenvalue weighted by molar-refractivity contribution is -0.120. The van der Waals surface area contributed by atoms with Crippen LogP contribution in [0.5, 0.6) is 11.5 Å². The van der Waals surface area contributed by atoms with Crippen LogP contribution in [0.3, 0.4) is 0 Å². The molecule has 2 aromatic carbocycles. The van der Waals surface area contributed by atoms with Crippen LogP contribution in [0.2, 0.25) is 0 Å². The molecule has 0 atom stereocenters. The Bertz CT molecular complexity index is 793. The molecule has 0 aliphatic rings. The fraction of sp³-hybridized carbons (Fsp3) is 0.263. The predicted octanol–water partition coefficient (Wildman–Crippen LogP) is 2.90. The topological polar surface area (TPSA) is 84.9 Å². The Morgan fingerprint density at radius 1 is 1.07 bits per heavy atom. The number of carboxylic acid groups (broad SMARTS) is 1. The van der Waals surface area contributed by atoms with E-state index in [-0.39, 0.29) is 29.4 Å². The lowest BCUT2D eigenvalue weighted by Crippen LogP contribution is -2.27. The van der Waals surface area contributed by atoms with Crippen molar-refractivity contribution in [3.05, 3.63) is 59.2 Å². The normalized spacial score (nSPS) is 10.5. The van der Waals surface area contributed by atoms with E-state index >= 15 is 0 Å². The number of hydrogen-bond donors (Lipinski definition) is 2. The average Bonchev–Trinajstić information content (AvgIpc) is 2.62. The van der Waals surface area contributed by atoms with Crippen LogP contribution in [-0.2, 0) is 17.6 Å². The fourth-order valence-electron chi connectivity index (χ4n) is 2.42. The monoisotopic (exact) mass is 379 g/mol. The van der Waals surface area contributed by atoms with Crippen LogP contribution in [0.15, 0.2) is 42.5 Å². The van der Waals surface area contributed by atoms with Gasteiger partial charge in [0.05, 0.1) is 19.1 Å². The second-order valence-electron chi connectivity index (χ2n) is 5.64. The number of methoxy groups -OCH3 is 1. The molecular weight excluding hydrogens is 360 g/mol. The first-order valence-electron chi connectivity index (χ1n) is 8.09. The third-order valence-electron chi connectivity index (χ3n) is 3.75. The van der Waals surface area contributed by atoms with Gasteiger partial charge in [0.1, 0.15) is 0 Å². The van der Waals surface area contributed by atoms with Crippen LogP contribution >= 0.6 is 0 Å². The number of carboxylic acids is 1. The van der Waals surface area contributed by atoms with Crippen LogP contribution in [-0.4, -0.2) is 37.2 Å². The maximum absolute atomic E-state index is 12.4. The van der Waals surface area contributed by atoms with E-state index in [0.29, 0.717) is 24.1 Å². The van der Waals surface area contributed by atoms with E-state index in [9.17, 15) is 18.4 Å². The van der Waals surface area contributed by atoms with E-state index in [4.69, 9.17) is 9.84 Å². The predicted molar refractivity (Wildman–Crippen MR) is 93.4 cm³/mol. The molecule has 27 heavy (non-hydrogen) atoms. The standard InChI is InChI=1S/C19H19F2NO5/c1-26-15-7-4-13(10-16(15)27-19(20)21)8-9-22-17(23)11-12-2-5-14(6-3-12)18(24)25/h2-7,10,19H,8-9,11H2,1H3,(H,22,23)(H,24,25). The lowest BCUT2D eigenvalue weighted by Gasteiger charge is -2.12. The Hall–Kier alpha value is -3.16. The average molecular weight is 379 g/mol. The number of halogens is 2. The van der Waals surface area contributed by atoms with Crippen LogP contribution in [0.1, 0.15) is 21.5 Å². The van der Waals surface area contributed by atoms with Gasteiger partial charge in [0.15, 0.2) is 11.5 Å². The highest BCUT2D eigenvalue weighted by Crippen LogP contribution is 2.29. The minimum atomic E-state index is -2.96. The van der Waals surface area contributed by atoms with Crippen molar-refractivity contribution in [2.24, 2.45) is 0 Å². The van der Waals surface area contributed by atoms with Gasteiger partial charge < -0.3 is 19.9 Å². The minimum Gasteiger partial charge on any atom is -0.493 e. The Morgan fingerprint density at radius 2 is 1.74 bits per heavy atom. The molecule has 0 aliphatic carbocycles. The van der Waals surface area contributed by atoms with Crippen LogP contribution in [0.4, 0.5) is 8.78 Å². The van der Waals surface area contributed by atoms with Gasteiger partial charge in [-0.2, -0.15) is 8.78 Å². The maximum atomic E-state index is 12.4. The second kappa shape index (κ2) is 9.51. The Morgan fingerprint density at radius 3 is 2.33 bits per heavy atom. The second-order valence-corrected chi connectivity index (χ2v) is 5.64. The molecule has 0 fully saturated rings. The van der Waals surface area contributed by atoms with Gasteiger partial charge in [0.25, 0.3) is 0 Å². The van der Waals surface area contributed by atoms with Crippen LogP contribution < -0.4 is 14.8 Å². The van der Waals surface area contributed by atoms with Gasteiger partial charge in [0.2, 0.25) is 5.91 Å². The summed E-state index contributed by atoms with van der Waals surface area (Å²) in [5.74, 6) is -1.11. The van der Waals surface area contributed by atoms with Gasteiger partial charge in [-0.25, -0.2) is 4.79 Å². The number of hydrogen-bond acceptors (Lipinski definition) is 4. The van der Waals surface area contributed by atoms with Gasteiger partial charge in [0, 0.05) is 6.54 Å². The number of amides is 1. The van der Waals surface area contributed by atoms with Crippen molar-refractivity contribution >= 4 is 11.9 Å². The molecule has 2 rings (SSSR count). The third kappa shape index (κ3) is 6.25. The number of benzene rings is 2. The van der Waals surface area contributed by atoms with E-state index in [1.807, 2.05) is 0 Å². The maximum Gasteiger partial charge on any atom is 0.387 e. The molecule has 2 aromatic rings. The van der Waals surface area contributed by atoms with Gasteiger partial charge in [-0.05, 0) is 41.8 Å². The zero-order valence-electron chi connectivity index (χ0n) is 14.6. The first kappa shape index (κ1) is 20.2. The highest BCUT2D eigenvalue weighted by Gasteiger charge is 2.11. The molecule has 0 bridgehead atoms. The SMILES string of the molecule is COc1ccc(CCNC(=O)Cc2ccc(C(=O)O)cc2)cc1OC(F)F. The van der Waals surface area contributed by atoms with Crippen molar-refractivity contribution in [3.63, 3.8) is 0 Å². The van der Waals surface area contributed by atoms with Gasteiger partial charge >= 0.3 is 12.6 Å². The number of nitrogens with one attached hydrogen (secondary N) is 1. The summed E-state index contributed by atoms with van der Waals surface area (Å²) in [6.45, 7) is -2.65. The Labute approximate surface area is 154 Å². The summed E-state index contributed by atoms with van der Waals surface area (Å²) < 4.78 is 34.3. The highest BCUT2D eigenvalue weighted by atomic mass is 19.3.